The molecule has 0 fully saturated rings. The molecular formula is C22H23N3O. The van der Waals surface area contributed by atoms with Crippen LogP contribution in [-0.2, 0) is 24.7 Å². The highest BCUT2D eigenvalue weighted by Crippen LogP contribution is 2.32. The van der Waals surface area contributed by atoms with Crippen LogP contribution in [0.25, 0.3) is 11.3 Å². The van der Waals surface area contributed by atoms with Gasteiger partial charge in [-0.05, 0) is 55.2 Å². The molecule has 3 aromatic rings. The normalized spacial score (nSPS) is 13.1. The van der Waals surface area contributed by atoms with Gasteiger partial charge in [0.1, 0.15) is 0 Å². The second-order valence-corrected chi connectivity index (χ2v) is 7.12. The van der Waals surface area contributed by atoms with Crippen LogP contribution in [0.5, 0.6) is 0 Å². The van der Waals surface area contributed by atoms with Crippen molar-refractivity contribution in [1.82, 2.24) is 9.78 Å². The SMILES string of the molecule is Cc1ccc(C)c(CC(=O)N2CCc3cc(-c4ccn(C)n4)ccc32)c1. The number of aryl methyl sites for hydroxylation is 3. The average Bonchev–Trinajstić information content (AvgIpc) is 3.23. The van der Waals surface area contributed by atoms with E-state index in [9.17, 15) is 4.79 Å². The maximum Gasteiger partial charge on any atom is 0.231 e. The van der Waals surface area contributed by atoms with Crippen molar-refractivity contribution < 1.29 is 4.79 Å². The van der Waals surface area contributed by atoms with Crippen molar-refractivity contribution in [2.75, 3.05) is 11.4 Å². The molecule has 1 amide bonds. The van der Waals surface area contributed by atoms with Gasteiger partial charge >= 0.3 is 0 Å². The number of hydrogen-bond donors (Lipinski definition) is 0. The van der Waals surface area contributed by atoms with Gasteiger partial charge in [-0.1, -0.05) is 29.8 Å². The van der Waals surface area contributed by atoms with Crippen LogP contribution in [0.3, 0.4) is 0 Å². The zero-order valence-corrected chi connectivity index (χ0v) is 15.5. The molecule has 0 atom stereocenters. The van der Waals surface area contributed by atoms with E-state index in [2.05, 4.69) is 55.3 Å². The van der Waals surface area contributed by atoms with Crippen LogP contribution in [0.15, 0.2) is 48.7 Å². The largest absolute Gasteiger partial charge is 0.312 e. The molecule has 1 aliphatic rings. The third kappa shape index (κ3) is 3.03. The summed E-state index contributed by atoms with van der Waals surface area (Å²) in [5, 5.41) is 4.47. The Morgan fingerprint density at radius 3 is 2.73 bits per heavy atom. The van der Waals surface area contributed by atoms with Crippen LogP contribution >= 0.6 is 0 Å². The lowest BCUT2D eigenvalue weighted by Crippen LogP contribution is -2.30. The number of fused-ring (bicyclic) bond motifs is 1. The lowest BCUT2D eigenvalue weighted by molar-refractivity contribution is -0.117. The first-order chi connectivity index (χ1) is 12.5. The topological polar surface area (TPSA) is 38.1 Å². The zero-order chi connectivity index (χ0) is 18.3. The maximum atomic E-state index is 12.9. The van der Waals surface area contributed by atoms with Gasteiger partial charge in [-0.2, -0.15) is 5.10 Å². The van der Waals surface area contributed by atoms with E-state index in [0.717, 1.165) is 35.5 Å². The number of benzene rings is 2. The van der Waals surface area contributed by atoms with Crippen molar-refractivity contribution in [3.8, 4) is 11.3 Å². The highest BCUT2D eigenvalue weighted by molar-refractivity contribution is 5.97. The average molecular weight is 345 g/mol. The van der Waals surface area contributed by atoms with Crippen LogP contribution in [0, 0.1) is 13.8 Å². The Balaban J connectivity index is 1.57. The van der Waals surface area contributed by atoms with Crippen LogP contribution in [0.2, 0.25) is 0 Å². The monoisotopic (exact) mass is 345 g/mol. The van der Waals surface area contributed by atoms with Gasteiger partial charge in [-0.25, -0.2) is 0 Å². The first kappa shape index (κ1) is 16.6. The van der Waals surface area contributed by atoms with Gasteiger partial charge in [0.2, 0.25) is 5.91 Å². The third-order valence-electron chi connectivity index (χ3n) is 5.13. The molecule has 4 rings (SSSR count). The van der Waals surface area contributed by atoms with Crippen molar-refractivity contribution in [2.45, 2.75) is 26.7 Å². The molecule has 132 valence electrons. The summed E-state index contributed by atoms with van der Waals surface area (Å²) in [5.41, 5.74) is 7.83. The van der Waals surface area contributed by atoms with Crippen molar-refractivity contribution in [3.05, 3.63) is 70.9 Å². The highest BCUT2D eigenvalue weighted by Gasteiger charge is 2.25. The van der Waals surface area contributed by atoms with Crippen LogP contribution in [0.4, 0.5) is 5.69 Å². The fourth-order valence-corrected chi connectivity index (χ4v) is 3.64. The van der Waals surface area contributed by atoms with E-state index in [4.69, 9.17) is 0 Å². The van der Waals surface area contributed by atoms with E-state index in [0.29, 0.717) is 6.42 Å². The summed E-state index contributed by atoms with van der Waals surface area (Å²) in [6.07, 6.45) is 3.30. The first-order valence-corrected chi connectivity index (χ1v) is 9.01. The molecule has 0 saturated carbocycles. The number of aromatic nitrogens is 2. The Hall–Kier alpha value is -2.88. The van der Waals surface area contributed by atoms with Crippen LogP contribution in [0.1, 0.15) is 22.3 Å². The molecule has 0 bridgehead atoms. The minimum atomic E-state index is 0.169. The van der Waals surface area contributed by atoms with E-state index in [1.54, 1.807) is 0 Å². The van der Waals surface area contributed by atoms with Crippen molar-refractivity contribution in [2.24, 2.45) is 7.05 Å². The Morgan fingerprint density at radius 1 is 1.12 bits per heavy atom. The number of anilines is 1. The van der Waals surface area contributed by atoms with Gasteiger partial charge in [0.25, 0.3) is 0 Å². The number of hydrogen-bond acceptors (Lipinski definition) is 2. The smallest absolute Gasteiger partial charge is 0.231 e. The fraction of sp³-hybridized carbons (Fsp3) is 0.273. The van der Waals surface area contributed by atoms with Crippen molar-refractivity contribution >= 4 is 11.6 Å². The predicted octanol–water partition coefficient (Wildman–Crippen LogP) is 3.84. The van der Waals surface area contributed by atoms with Gasteiger partial charge in [0.15, 0.2) is 0 Å². The standard InChI is InChI=1S/C22H23N3O/c1-15-4-5-16(2)19(12-15)14-22(26)25-11-8-18-13-17(6-7-21(18)25)20-9-10-24(3)23-20/h4-7,9-10,12-13H,8,11,14H2,1-3H3. The van der Waals surface area contributed by atoms with E-state index in [1.165, 1.54) is 16.7 Å². The second-order valence-electron chi connectivity index (χ2n) is 7.12. The van der Waals surface area contributed by atoms with E-state index in [-0.39, 0.29) is 5.91 Å². The molecule has 0 spiro atoms. The molecule has 2 heterocycles. The first-order valence-electron chi connectivity index (χ1n) is 9.01. The second kappa shape index (κ2) is 6.45. The molecule has 0 unspecified atom stereocenters. The Morgan fingerprint density at radius 2 is 1.96 bits per heavy atom. The minimum Gasteiger partial charge on any atom is -0.312 e. The van der Waals surface area contributed by atoms with Crippen LogP contribution in [-0.4, -0.2) is 22.2 Å². The summed E-state index contributed by atoms with van der Waals surface area (Å²) in [7, 11) is 1.92. The third-order valence-corrected chi connectivity index (χ3v) is 5.13. The summed E-state index contributed by atoms with van der Waals surface area (Å²) in [5.74, 6) is 0.169. The van der Waals surface area contributed by atoms with Crippen molar-refractivity contribution in [3.63, 3.8) is 0 Å². The van der Waals surface area contributed by atoms with Gasteiger partial charge < -0.3 is 4.90 Å². The van der Waals surface area contributed by atoms with Crippen molar-refractivity contribution in [1.29, 1.82) is 0 Å². The molecule has 4 heteroatoms. The summed E-state index contributed by atoms with van der Waals surface area (Å²) >= 11 is 0. The number of nitrogens with zero attached hydrogens (tertiary/aromatic N) is 3. The Bertz CT molecular complexity index is 987. The molecule has 26 heavy (non-hydrogen) atoms. The lowest BCUT2D eigenvalue weighted by Gasteiger charge is -2.18. The lowest BCUT2D eigenvalue weighted by atomic mass is 10.0. The summed E-state index contributed by atoms with van der Waals surface area (Å²) in [4.78, 5) is 14.8. The fourth-order valence-electron chi connectivity index (χ4n) is 3.64. The molecule has 0 radical (unpaired) electrons. The summed E-state index contributed by atoms with van der Waals surface area (Å²) in [6, 6.07) is 14.6. The summed E-state index contributed by atoms with van der Waals surface area (Å²) < 4.78 is 1.81. The Labute approximate surface area is 154 Å². The van der Waals surface area contributed by atoms with Gasteiger partial charge in [0.05, 0.1) is 12.1 Å². The van der Waals surface area contributed by atoms with Gasteiger partial charge in [-0.15, -0.1) is 0 Å². The molecule has 0 saturated heterocycles. The van der Waals surface area contributed by atoms with Gasteiger partial charge in [-0.3, -0.25) is 9.48 Å². The predicted molar refractivity (Wildman–Crippen MR) is 104 cm³/mol. The van der Waals surface area contributed by atoms with E-state index < -0.39 is 0 Å². The maximum absolute atomic E-state index is 12.9. The summed E-state index contributed by atoms with van der Waals surface area (Å²) in [6.45, 7) is 4.89. The molecule has 4 nitrogen and oxygen atoms in total. The molecule has 0 N–H and O–H groups in total. The Kier molecular flexibility index (Phi) is 4.11. The van der Waals surface area contributed by atoms with E-state index >= 15 is 0 Å². The molecular weight excluding hydrogens is 322 g/mol. The zero-order valence-electron chi connectivity index (χ0n) is 15.5. The molecule has 1 aromatic heterocycles. The highest BCUT2D eigenvalue weighted by atomic mass is 16.2. The molecule has 2 aromatic carbocycles. The van der Waals surface area contributed by atoms with Crippen LogP contribution < -0.4 is 4.90 Å². The minimum absolute atomic E-state index is 0.169. The number of rotatable bonds is 3. The van der Waals surface area contributed by atoms with E-state index in [1.807, 2.05) is 28.9 Å². The molecule has 1 aliphatic heterocycles. The number of carbonyl (C=O) groups excluding carboxylic acids is 1. The quantitative estimate of drug-likeness (QED) is 0.723. The number of amides is 1. The number of carbonyl (C=O) groups is 1. The molecule has 0 aliphatic carbocycles. The van der Waals surface area contributed by atoms with Gasteiger partial charge in [0, 0.05) is 31.0 Å².